The molecule has 2 rings (SSSR count). The van der Waals surface area contributed by atoms with Gasteiger partial charge in [0.25, 0.3) is 0 Å². The molecule has 4 N–H and O–H groups in total. The summed E-state index contributed by atoms with van der Waals surface area (Å²) in [6.45, 7) is 0. The van der Waals surface area contributed by atoms with Crippen LogP contribution >= 0.6 is 0 Å². The second-order valence-corrected chi connectivity index (χ2v) is 5.01. The molecule has 5 heteroatoms. The van der Waals surface area contributed by atoms with E-state index in [1.54, 1.807) is 19.2 Å². The van der Waals surface area contributed by atoms with E-state index in [4.69, 9.17) is 5.73 Å². The van der Waals surface area contributed by atoms with Crippen LogP contribution in [-0.4, -0.2) is 24.4 Å². The average molecular weight is 261 g/mol. The summed E-state index contributed by atoms with van der Waals surface area (Å²) in [6, 6.07) is 7.24. The van der Waals surface area contributed by atoms with Gasteiger partial charge in [0, 0.05) is 12.7 Å². The first-order chi connectivity index (χ1) is 9.03. The van der Waals surface area contributed by atoms with Gasteiger partial charge < -0.3 is 16.4 Å². The van der Waals surface area contributed by atoms with Crippen LogP contribution in [0.1, 0.15) is 24.8 Å². The van der Waals surface area contributed by atoms with E-state index >= 15 is 0 Å². The first-order valence-electron chi connectivity index (χ1n) is 6.43. The van der Waals surface area contributed by atoms with Crippen molar-refractivity contribution in [2.75, 3.05) is 12.4 Å². The quantitative estimate of drug-likeness (QED) is 0.749. The lowest BCUT2D eigenvalue weighted by atomic mass is 9.77. The molecule has 1 aliphatic rings. The first-order valence-corrected chi connectivity index (χ1v) is 6.43. The number of rotatable bonds is 4. The lowest BCUT2D eigenvalue weighted by molar-refractivity contribution is -0.124. The number of hydrogen-bond acceptors (Lipinski definition) is 3. The average Bonchev–Trinajstić information content (AvgIpc) is 2.38. The maximum absolute atomic E-state index is 11.9. The fourth-order valence-corrected chi connectivity index (χ4v) is 2.02. The molecule has 0 atom stereocenters. The first kappa shape index (κ1) is 13.5. The molecule has 0 aromatic heterocycles. The van der Waals surface area contributed by atoms with Crippen molar-refractivity contribution in [1.82, 2.24) is 5.32 Å². The predicted octanol–water partition coefficient (Wildman–Crippen LogP) is 0.795. The Balaban J connectivity index is 1.95. The van der Waals surface area contributed by atoms with Gasteiger partial charge in [0.1, 0.15) is 0 Å². The van der Waals surface area contributed by atoms with Gasteiger partial charge in [0.05, 0.1) is 12.0 Å². The summed E-state index contributed by atoms with van der Waals surface area (Å²) < 4.78 is 0. The molecule has 0 radical (unpaired) electrons. The van der Waals surface area contributed by atoms with Crippen molar-refractivity contribution in [2.45, 2.75) is 31.2 Å². The molecule has 1 aromatic rings. The standard InChI is InChI=1S/C14H19N3O2/c1-16-12(18)9-10-3-5-11(6-4-10)17-13(19)14(15)7-2-8-14/h3-6H,2,7-9,15H2,1H3,(H,16,18)(H,17,19). The highest BCUT2D eigenvalue weighted by Crippen LogP contribution is 2.30. The number of carbonyl (C=O) groups excluding carboxylic acids is 2. The Bertz CT molecular complexity index is 478. The molecule has 0 aliphatic heterocycles. The van der Waals surface area contributed by atoms with Gasteiger partial charge in [0.15, 0.2) is 0 Å². The van der Waals surface area contributed by atoms with E-state index in [0.717, 1.165) is 24.8 Å². The van der Waals surface area contributed by atoms with E-state index in [0.29, 0.717) is 12.1 Å². The molecule has 2 amide bonds. The van der Waals surface area contributed by atoms with Gasteiger partial charge in [-0.3, -0.25) is 9.59 Å². The van der Waals surface area contributed by atoms with Crippen molar-refractivity contribution in [3.8, 4) is 0 Å². The Kier molecular flexibility index (Phi) is 3.85. The van der Waals surface area contributed by atoms with Crippen LogP contribution in [0.3, 0.4) is 0 Å². The molecule has 0 heterocycles. The summed E-state index contributed by atoms with van der Waals surface area (Å²) in [5, 5.41) is 5.38. The van der Waals surface area contributed by atoms with Gasteiger partial charge in [-0.05, 0) is 37.0 Å². The zero-order chi connectivity index (χ0) is 13.9. The Morgan fingerprint density at radius 1 is 1.26 bits per heavy atom. The molecule has 1 saturated carbocycles. The second kappa shape index (κ2) is 5.40. The number of hydrogen-bond donors (Lipinski definition) is 3. The smallest absolute Gasteiger partial charge is 0.244 e. The molecule has 1 aliphatic carbocycles. The molecule has 0 bridgehead atoms. The highest BCUT2D eigenvalue weighted by Gasteiger charge is 2.40. The van der Waals surface area contributed by atoms with Gasteiger partial charge in [-0.25, -0.2) is 0 Å². The number of carbonyl (C=O) groups is 2. The van der Waals surface area contributed by atoms with Crippen LogP contribution in [0.2, 0.25) is 0 Å². The van der Waals surface area contributed by atoms with E-state index in [9.17, 15) is 9.59 Å². The summed E-state index contributed by atoms with van der Waals surface area (Å²) in [7, 11) is 1.61. The predicted molar refractivity (Wildman–Crippen MR) is 73.6 cm³/mol. The SMILES string of the molecule is CNC(=O)Cc1ccc(NC(=O)C2(N)CCC2)cc1. The van der Waals surface area contributed by atoms with E-state index in [1.165, 1.54) is 0 Å². The largest absolute Gasteiger partial charge is 0.359 e. The minimum atomic E-state index is -0.694. The number of anilines is 1. The molecular formula is C14H19N3O2. The van der Waals surface area contributed by atoms with Gasteiger partial charge in [0.2, 0.25) is 11.8 Å². The van der Waals surface area contributed by atoms with Crippen molar-refractivity contribution >= 4 is 17.5 Å². The Morgan fingerprint density at radius 3 is 2.37 bits per heavy atom. The zero-order valence-electron chi connectivity index (χ0n) is 11.0. The summed E-state index contributed by atoms with van der Waals surface area (Å²) in [5.41, 5.74) is 6.87. The topological polar surface area (TPSA) is 84.2 Å². The Hall–Kier alpha value is -1.88. The second-order valence-electron chi connectivity index (χ2n) is 5.01. The number of benzene rings is 1. The minimum Gasteiger partial charge on any atom is -0.359 e. The number of nitrogens with one attached hydrogen (secondary N) is 2. The van der Waals surface area contributed by atoms with E-state index in [1.807, 2.05) is 12.1 Å². The number of likely N-dealkylation sites (N-methyl/N-ethyl adjacent to an activating group) is 1. The van der Waals surface area contributed by atoms with Crippen molar-refractivity contribution in [2.24, 2.45) is 5.73 Å². The summed E-state index contributed by atoms with van der Waals surface area (Å²) in [5.74, 6) is -0.162. The fraction of sp³-hybridized carbons (Fsp3) is 0.429. The van der Waals surface area contributed by atoms with Gasteiger partial charge in [-0.1, -0.05) is 12.1 Å². The van der Waals surface area contributed by atoms with Crippen LogP contribution in [0.4, 0.5) is 5.69 Å². The third kappa shape index (κ3) is 3.12. The number of nitrogens with two attached hydrogens (primary N) is 1. The molecule has 0 saturated heterocycles. The molecule has 1 fully saturated rings. The van der Waals surface area contributed by atoms with E-state index < -0.39 is 5.54 Å². The van der Waals surface area contributed by atoms with E-state index in [2.05, 4.69) is 10.6 Å². The summed E-state index contributed by atoms with van der Waals surface area (Å²) in [6.07, 6.45) is 2.84. The highest BCUT2D eigenvalue weighted by molar-refractivity contribution is 5.98. The van der Waals surface area contributed by atoms with Crippen molar-refractivity contribution in [1.29, 1.82) is 0 Å². The molecule has 102 valence electrons. The van der Waals surface area contributed by atoms with Crippen LogP contribution in [0.15, 0.2) is 24.3 Å². The van der Waals surface area contributed by atoms with Gasteiger partial charge in [-0.15, -0.1) is 0 Å². The lowest BCUT2D eigenvalue weighted by Gasteiger charge is -2.36. The van der Waals surface area contributed by atoms with Crippen LogP contribution in [0.5, 0.6) is 0 Å². The van der Waals surface area contributed by atoms with Crippen LogP contribution in [0, 0.1) is 0 Å². The Morgan fingerprint density at radius 2 is 1.89 bits per heavy atom. The molecular weight excluding hydrogens is 242 g/mol. The zero-order valence-corrected chi connectivity index (χ0v) is 11.0. The third-order valence-corrected chi connectivity index (χ3v) is 3.55. The maximum Gasteiger partial charge on any atom is 0.244 e. The van der Waals surface area contributed by atoms with Crippen molar-refractivity contribution in [3.05, 3.63) is 29.8 Å². The lowest BCUT2D eigenvalue weighted by Crippen LogP contribution is -2.56. The monoisotopic (exact) mass is 261 g/mol. The van der Waals surface area contributed by atoms with Crippen LogP contribution < -0.4 is 16.4 Å². The van der Waals surface area contributed by atoms with Gasteiger partial charge in [-0.2, -0.15) is 0 Å². The Labute approximate surface area is 112 Å². The molecule has 1 aromatic carbocycles. The van der Waals surface area contributed by atoms with Crippen molar-refractivity contribution < 1.29 is 9.59 Å². The summed E-state index contributed by atoms with van der Waals surface area (Å²) in [4.78, 5) is 23.1. The molecule has 5 nitrogen and oxygen atoms in total. The fourth-order valence-electron chi connectivity index (χ4n) is 2.02. The molecule has 19 heavy (non-hydrogen) atoms. The maximum atomic E-state index is 11.9. The van der Waals surface area contributed by atoms with Gasteiger partial charge >= 0.3 is 0 Å². The molecule has 0 unspecified atom stereocenters. The summed E-state index contributed by atoms with van der Waals surface area (Å²) >= 11 is 0. The third-order valence-electron chi connectivity index (χ3n) is 3.55. The van der Waals surface area contributed by atoms with E-state index in [-0.39, 0.29) is 11.8 Å². The van der Waals surface area contributed by atoms with Crippen LogP contribution in [0.25, 0.3) is 0 Å². The van der Waals surface area contributed by atoms with Crippen molar-refractivity contribution in [3.63, 3.8) is 0 Å². The minimum absolute atomic E-state index is 0.0350. The van der Waals surface area contributed by atoms with Crippen LogP contribution in [-0.2, 0) is 16.0 Å². The highest BCUT2D eigenvalue weighted by atomic mass is 16.2. The molecule has 0 spiro atoms. The normalized spacial score (nSPS) is 16.3. The number of amides is 2.